The number of rotatable bonds is 48. The minimum absolute atomic E-state index is 0.0814. The Balaban J connectivity index is 4.22. The molecule has 0 spiro atoms. The van der Waals surface area contributed by atoms with Gasteiger partial charge in [-0.25, -0.2) is 0 Å². The van der Waals surface area contributed by atoms with Crippen LogP contribution in [0.3, 0.4) is 0 Å². The van der Waals surface area contributed by atoms with Crippen molar-refractivity contribution in [1.29, 1.82) is 0 Å². The standard InChI is InChI=1S/C58H100O6/c1-4-7-10-13-16-18-20-22-24-26-27-28-29-30-31-32-34-35-37-39-42-45-48-51-57(60)63-54-55(53-62-56(59)50-47-44-41-15-12-9-6-3)64-58(61)52-49-46-43-40-38-36-33-25-23-21-19-17-14-11-8-5-2/h7,10,16,18-19,21-22,24-25,27-28,33,55H,4-6,8-9,11-15,17,20,23,26,29-32,34-54H2,1-3H3/b10-7-,18-16-,21-19-,24-22-,28-27-,33-25-. The summed E-state index contributed by atoms with van der Waals surface area (Å²) in [5.74, 6) is -0.903. The summed E-state index contributed by atoms with van der Waals surface area (Å²) >= 11 is 0. The second-order valence-electron chi connectivity index (χ2n) is 17.8. The van der Waals surface area contributed by atoms with Crippen LogP contribution in [0.1, 0.15) is 258 Å². The fraction of sp³-hybridized carbons (Fsp3) is 0.741. The van der Waals surface area contributed by atoms with Gasteiger partial charge in [-0.05, 0) is 89.9 Å². The molecule has 0 fully saturated rings. The normalized spacial score (nSPS) is 12.6. The predicted octanol–water partition coefficient (Wildman–Crippen LogP) is 17.8. The zero-order valence-corrected chi connectivity index (χ0v) is 42.0. The maximum atomic E-state index is 12.8. The lowest BCUT2D eigenvalue weighted by atomic mass is 10.1. The van der Waals surface area contributed by atoms with Gasteiger partial charge < -0.3 is 14.2 Å². The lowest BCUT2D eigenvalue weighted by Crippen LogP contribution is -2.30. The van der Waals surface area contributed by atoms with E-state index >= 15 is 0 Å². The molecule has 0 N–H and O–H groups in total. The van der Waals surface area contributed by atoms with Crippen LogP contribution in [0, 0.1) is 0 Å². The molecule has 6 heteroatoms. The highest BCUT2D eigenvalue weighted by molar-refractivity contribution is 5.71. The van der Waals surface area contributed by atoms with E-state index in [1.165, 1.54) is 109 Å². The van der Waals surface area contributed by atoms with Crippen molar-refractivity contribution in [3.8, 4) is 0 Å². The molecule has 0 aliphatic heterocycles. The van der Waals surface area contributed by atoms with Crippen LogP contribution in [0.25, 0.3) is 0 Å². The number of allylic oxidation sites excluding steroid dienone is 12. The summed E-state index contributed by atoms with van der Waals surface area (Å²) in [6.45, 7) is 6.46. The summed E-state index contributed by atoms with van der Waals surface area (Å²) in [6, 6.07) is 0. The second-order valence-corrected chi connectivity index (χ2v) is 17.8. The summed E-state index contributed by atoms with van der Waals surface area (Å²) in [5.41, 5.74) is 0. The monoisotopic (exact) mass is 893 g/mol. The van der Waals surface area contributed by atoms with E-state index in [-0.39, 0.29) is 31.1 Å². The number of hydrogen-bond acceptors (Lipinski definition) is 6. The molecule has 6 nitrogen and oxygen atoms in total. The van der Waals surface area contributed by atoms with Gasteiger partial charge in [-0.15, -0.1) is 0 Å². The molecular weight excluding hydrogens is 793 g/mol. The molecule has 0 aromatic heterocycles. The van der Waals surface area contributed by atoms with E-state index in [1.807, 2.05) is 0 Å². The zero-order chi connectivity index (χ0) is 46.5. The second kappa shape index (κ2) is 52.5. The molecule has 1 unspecified atom stereocenters. The Hall–Kier alpha value is -3.15. The van der Waals surface area contributed by atoms with E-state index in [4.69, 9.17) is 14.2 Å². The topological polar surface area (TPSA) is 78.9 Å². The SMILES string of the molecule is CC/C=C\C/C=C\C/C=C\C/C=C\CCCCCCCCCCCCC(=O)OCC(COC(=O)CCCCCCCCC)OC(=O)CCCCCCC/C=C\C/C=C\CCCCCC. The Morgan fingerprint density at radius 2 is 0.609 bits per heavy atom. The molecular formula is C58H100O6. The van der Waals surface area contributed by atoms with Crippen LogP contribution >= 0.6 is 0 Å². The highest BCUT2D eigenvalue weighted by atomic mass is 16.6. The Labute approximate surface area is 395 Å². The van der Waals surface area contributed by atoms with Crippen molar-refractivity contribution >= 4 is 17.9 Å². The van der Waals surface area contributed by atoms with E-state index < -0.39 is 6.10 Å². The first-order valence-corrected chi connectivity index (χ1v) is 26.9. The molecule has 0 radical (unpaired) electrons. The van der Waals surface area contributed by atoms with Crippen molar-refractivity contribution in [1.82, 2.24) is 0 Å². The lowest BCUT2D eigenvalue weighted by Gasteiger charge is -2.18. The van der Waals surface area contributed by atoms with Crippen LogP contribution in [-0.2, 0) is 28.6 Å². The fourth-order valence-electron chi connectivity index (χ4n) is 7.40. The largest absolute Gasteiger partial charge is 0.462 e. The third-order valence-corrected chi connectivity index (χ3v) is 11.4. The van der Waals surface area contributed by atoms with Crippen molar-refractivity contribution in [2.24, 2.45) is 0 Å². The van der Waals surface area contributed by atoms with E-state index in [0.29, 0.717) is 19.3 Å². The summed E-state index contributed by atoms with van der Waals surface area (Å²) < 4.78 is 16.7. The highest BCUT2D eigenvalue weighted by Gasteiger charge is 2.19. The van der Waals surface area contributed by atoms with Gasteiger partial charge in [0, 0.05) is 19.3 Å². The van der Waals surface area contributed by atoms with Crippen molar-refractivity contribution in [2.45, 2.75) is 264 Å². The Morgan fingerprint density at radius 1 is 0.328 bits per heavy atom. The van der Waals surface area contributed by atoms with E-state index in [9.17, 15) is 14.4 Å². The number of ether oxygens (including phenoxy) is 3. The van der Waals surface area contributed by atoms with Crippen LogP contribution in [0.2, 0.25) is 0 Å². The summed E-state index contributed by atoms with van der Waals surface area (Å²) in [6.07, 6.45) is 66.2. The average molecular weight is 893 g/mol. The molecule has 0 amide bonds. The van der Waals surface area contributed by atoms with Gasteiger partial charge in [0.25, 0.3) is 0 Å². The Kier molecular flexibility index (Phi) is 49.9. The van der Waals surface area contributed by atoms with Crippen LogP contribution in [0.4, 0.5) is 0 Å². The van der Waals surface area contributed by atoms with Gasteiger partial charge in [-0.3, -0.25) is 14.4 Å². The zero-order valence-electron chi connectivity index (χ0n) is 42.0. The predicted molar refractivity (Wildman–Crippen MR) is 274 cm³/mol. The van der Waals surface area contributed by atoms with Gasteiger partial charge in [0.1, 0.15) is 13.2 Å². The molecule has 0 saturated carbocycles. The molecule has 368 valence electrons. The molecule has 0 aromatic carbocycles. The first kappa shape index (κ1) is 60.9. The molecule has 64 heavy (non-hydrogen) atoms. The summed E-state index contributed by atoms with van der Waals surface area (Å²) in [5, 5.41) is 0. The van der Waals surface area contributed by atoms with Crippen LogP contribution in [-0.4, -0.2) is 37.2 Å². The first-order valence-electron chi connectivity index (χ1n) is 26.9. The van der Waals surface area contributed by atoms with Crippen LogP contribution in [0.15, 0.2) is 72.9 Å². The highest BCUT2D eigenvalue weighted by Crippen LogP contribution is 2.15. The minimum Gasteiger partial charge on any atom is -0.462 e. The lowest BCUT2D eigenvalue weighted by molar-refractivity contribution is -0.167. The number of carbonyl (C=O) groups excluding carboxylic acids is 3. The number of unbranched alkanes of at least 4 members (excludes halogenated alkanes) is 25. The summed E-state index contributed by atoms with van der Waals surface area (Å²) in [4.78, 5) is 37.9. The van der Waals surface area contributed by atoms with E-state index in [0.717, 1.165) is 109 Å². The average Bonchev–Trinajstić information content (AvgIpc) is 3.29. The van der Waals surface area contributed by atoms with Gasteiger partial charge in [0.2, 0.25) is 0 Å². The van der Waals surface area contributed by atoms with Crippen LogP contribution < -0.4 is 0 Å². The van der Waals surface area contributed by atoms with E-state index in [1.54, 1.807) is 0 Å². The molecule has 0 heterocycles. The van der Waals surface area contributed by atoms with Gasteiger partial charge in [0.05, 0.1) is 0 Å². The molecule has 0 aliphatic rings. The van der Waals surface area contributed by atoms with Gasteiger partial charge in [0.15, 0.2) is 6.10 Å². The molecule has 0 bridgehead atoms. The van der Waals surface area contributed by atoms with Gasteiger partial charge in [-0.1, -0.05) is 222 Å². The Morgan fingerprint density at radius 3 is 0.969 bits per heavy atom. The van der Waals surface area contributed by atoms with Crippen molar-refractivity contribution < 1.29 is 28.6 Å². The smallest absolute Gasteiger partial charge is 0.306 e. The third kappa shape index (κ3) is 49.9. The minimum atomic E-state index is -0.781. The fourth-order valence-corrected chi connectivity index (χ4v) is 7.40. The molecule has 1 atom stereocenters. The number of esters is 3. The molecule has 0 aromatic rings. The first-order chi connectivity index (χ1) is 31.5. The number of hydrogen-bond donors (Lipinski definition) is 0. The molecule has 0 rings (SSSR count). The van der Waals surface area contributed by atoms with Crippen molar-refractivity contribution in [3.63, 3.8) is 0 Å². The van der Waals surface area contributed by atoms with Gasteiger partial charge >= 0.3 is 17.9 Å². The van der Waals surface area contributed by atoms with Gasteiger partial charge in [-0.2, -0.15) is 0 Å². The molecule has 0 aliphatic carbocycles. The van der Waals surface area contributed by atoms with E-state index in [2.05, 4.69) is 93.7 Å². The van der Waals surface area contributed by atoms with Crippen LogP contribution in [0.5, 0.6) is 0 Å². The summed E-state index contributed by atoms with van der Waals surface area (Å²) in [7, 11) is 0. The maximum absolute atomic E-state index is 12.8. The third-order valence-electron chi connectivity index (χ3n) is 11.4. The maximum Gasteiger partial charge on any atom is 0.306 e. The van der Waals surface area contributed by atoms with Crippen molar-refractivity contribution in [2.75, 3.05) is 13.2 Å². The quantitative estimate of drug-likeness (QED) is 0.0262. The van der Waals surface area contributed by atoms with Crippen molar-refractivity contribution in [3.05, 3.63) is 72.9 Å². The Bertz CT molecular complexity index is 1210. The molecule has 0 saturated heterocycles. The number of carbonyl (C=O) groups is 3.